The maximum atomic E-state index is 14.3. The Hall–Kier alpha value is -1.64. The molecule has 2 aliphatic rings. The van der Waals surface area contributed by atoms with Crippen LogP contribution in [-0.4, -0.2) is 17.0 Å². The fourth-order valence-corrected chi connectivity index (χ4v) is 4.08. The van der Waals surface area contributed by atoms with E-state index in [1.807, 2.05) is 18.2 Å². The topological polar surface area (TPSA) is 3.24 Å². The third kappa shape index (κ3) is 2.82. The van der Waals surface area contributed by atoms with Gasteiger partial charge in [-0.2, -0.15) is 0 Å². The van der Waals surface area contributed by atoms with Gasteiger partial charge in [0.25, 0.3) is 0 Å². The summed E-state index contributed by atoms with van der Waals surface area (Å²) in [6.07, 6.45) is 5.49. The van der Waals surface area contributed by atoms with Crippen molar-refractivity contribution in [3.63, 3.8) is 0 Å². The Bertz CT molecular complexity index is 741. The van der Waals surface area contributed by atoms with Crippen LogP contribution in [0.2, 0.25) is 5.02 Å². The van der Waals surface area contributed by atoms with Crippen LogP contribution in [0.5, 0.6) is 0 Å². The number of hydrogen-bond acceptors (Lipinski definition) is 1. The normalized spacial score (nSPS) is 23.8. The molecule has 0 N–H and O–H groups in total. The smallest absolute Gasteiger partial charge is 0.149 e. The molecule has 0 amide bonds. The van der Waals surface area contributed by atoms with E-state index in [1.165, 1.54) is 12.0 Å². The molecule has 2 aromatic rings. The van der Waals surface area contributed by atoms with Gasteiger partial charge in [0, 0.05) is 24.2 Å². The predicted octanol–water partition coefficient (Wildman–Crippen LogP) is 5.30. The highest BCUT2D eigenvalue weighted by Crippen LogP contribution is 2.40. The van der Waals surface area contributed by atoms with Crippen molar-refractivity contribution in [2.75, 3.05) is 0 Å². The quantitative estimate of drug-likeness (QED) is 0.739. The van der Waals surface area contributed by atoms with Gasteiger partial charge >= 0.3 is 0 Å². The van der Waals surface area contributed by atoms with Crippen molar-refractivity contribution >= 4 is 17.2 Å². The van der Waals surface area contributed by atoms with Crippen LogP contribution >= 0.6 is 11.6 Å². The van der Waals surface area contributed by atoms with Gasteiger partial charge in [0.1, 0.15) is 5.82 Å². The summed E-state index contributed by atoms with van der Waals surface area (Å²) in [5, 5.41) is 0.211. The first-order chi connectivity index (χ1) is 11.2. The number of nitrogens with zero attached hydrogens (tertiary/aromatic N) is 1. The van der Waals surface area contributed by atoms with E-state index in [0.717, 1.165) is 25.0 Å². The molecule has 1 nitrogen and oxygen atoms in total. The van der Waals surface area contributed by atoms with E-state index >= 15 is 0 Å². The Balaban J connectivity index is 1.61. The molecule has 2 aliphatic heterocycles. The van der Waals surface area contributed by atoms with Gasteiger partial charge in [0.2, 0.25) is 0 Å². The van der Waals surface area contributed by atoms with Crippen molar-refractivity contribution in [3.8, 4) is 0 Å². The molecule has 2 heterocycles. The second kappa shape index (κ2) is 6.10. The summed E-state index contributed by atoms with van der Waals surface area (Å²) in [7, 11) is 0. The molecule has 1 saturated heterocycles. The SMILES string of the molecule is Fc1c(Cl)cccc1C1=CC2CCC(C1)N2Cc1ccccc1. The first kappa shape index (κ1) is 14.9. The van der Waals surface area contributed by atoms with E-state index in [0.29, 0.717) is 17.6 Å². The van der Waals surface area contributed by atoms with Crippen LogP contribution in [-0.2, 0) is 6.54 Å². The Kier molecular flexibility index (Phi) is 3.96. The zero-order chi connectivity index (χ0) is 15.8. The van der Waals surface area contributed by atoms with Crippen LogP contribution in [0.1, 0.15) is 30.4 Å². The van der Waals surface area contributed by atoms with Gasteiger partial charge in [0.15, 0.2) is 0 Å². The van der Waals surface area contributed by atoms with E-state index in [2.05, 4.69) is 35.2 Å². The van der Waals surface area contributed by atoms with Crippen molar-refractivity contribution in [3.05, 3.63) is 76.6 Å². The summed E-state index contributed by atoms with van der Waals surface area (Å²) in [5.74, 6) is -0.281. The van der Waals surface area contributed by atoms with E-state index in [4.69, 9.17) is 11.6 Å². The fraction of sp³-hybridized carbons (Fsp3) is 0.300. The maximum Gasteiger partial charge on any atom is 0.149 e. The van der Waals surface area contributed by atoms with Gasteiger partial charge in [-0.25, -0.2) is 4.39 Å². The largest absolute Gasteiger partial charge is 0.289 e. The zero-order valence-corrected chi connectivity index (χ0v) is 13.6. The summed E-state index contributed by atoms with van der Waals surface area (Å²) < 4.78 is 14.3. The Morgan fingerprint density at radius 1 is 1.04 bits per heavy atom. The lowest BCUT2D eigenvalue weighted by molar-refractivity contribution is 0.203. The molecule has 2 atom stereocenters. The molecular formula is C20H19ClFN. The lowest BCUT2D eigenvalue weighted by atomic mass is 9.94. The van der Waals surface area contributed by atoms with Crippen molar-refractivity contribution in [2.45, 2.75) is 37.9 Å². The molecule has 3 heteroatoms. The number of benzene rings is 2. The highest BCUT2D eigenvalue weighted by atomic mass is 35.5. The minimum atomic E-state index is -0.281. The molecule has 2 bridgehead atoms. The van der Waals surface area contributed by atoms with Gasteiger partial charge in [-0.3, -0.25) is 4.90 Å². The molecule has 2 aromatic carbocycles. The standard InChI is InChI=1S/C20H19ClFN/c21-19-8-4-7-18(20(19)22)15-11-16-9-10-17(12-15)23(16)13-14-5-2-1-3-6-14/h1-8,11,16-17H,9-10,12-13H2. The maximum absolute atomic E-state index is 14.3. The number of halogens is 2. The molecule has 118 valence electrons. The lowest BCUT2D eigenvalue weighted by Crippen LogP contribution is -2.37. The van der Waals surface area contributed by atoms with Crippen molar-refractivity contribution < 1.29 is 4.39 Å². The monoisotopic (exact) mass is 327 g/mol. The summed E-state index contributed by atoms with van der Waals surface area (Å²) >= 11 is 5.94. The summed E-state index contributed by atoms with van der Waals surface area (Å²) in [5.41, 5.74) is 3.13. The zero-order valence-electron chi connectivity index (χ0n) is 12.9. The molecule has 0 spiro atoms. The second-order valence-corrected chi connectivity index (χ2v) is 6.86. The van der Waals surface area contributed by atoms with Crippen molar-refractivity contribution in [2.24, 2.45) is 0 Å². The average molecular weight is 328 g/mol. The molecular weight excluding hydrogens is 309 g/mol. The van der Waals surface area contributed by atoms with E-state index in [9.17, 15) is 4.39 Å². The fourth-order valence-electron chi connectivity index (χ4n) is 3.91. The van der Waals surface area contributed by atoms with E-state index in [-0.39, 0.29) is 10.8 Å². The summed E-state index contributed by atoms with van der Waals surface area (Å²) in [6.45, 7) is 0.970. The number of rotatable bonds is 3. The van der Waals surface area contributed by atoms with Crippen molar-refractivity contribution in [1.29, 1.82) is 0 Å². The van der Waals surface area contributed by atoms with Crippen LogP contribution in [0.4, 0.5) is 4.39 Å². The number of fused-ring (bicyclic) bond motifs is 2. The van der Waals surface area contributed by atoms with Gasteiger partial charge < -0.3 is 0 Å². The van der Waals surface area contributed by atoms with E-state index < -0.39 is 0 Å². The minimum absolute atomic E-state index is 0.211. The van der Waals surface area contributed by atoms with Crippen LogP contribution in [0.3, 0.4) is 0 Å². The van der Waals surface area contributed by atoms with E-state index in [1.54, 1.807) is 6.07 Å². The van der Waals surface area contributed by atoms with Gasteiger partial charge in [0.05, 0.1) is 5.02 Å². The molecule has 0 aliphatic carbocycles. The molecule has 0 radical (unpaired) electrons. The van der Waals surface area contributed by atoms with Gasteiger partial charge in [-0.1, -0.05) is 60.1 Å². The number of hydrogen-bond donors (Lipinski definition) is 0. The molecule has 23 heavy (non-hydrogen) atoms. The van der Waals surface area contributed by atoms with Gasteiger partial charge in [-0.05, 0) is 36.5 Å². The lowest BCUT2D eigenvalue weighted by Gasteiger charge is -2.34. The minimum Gasteiger partial charge on any atom is -0.289 e. The first-order valence-corrected chi connectivity index (χ1v) is 8.55. The van der Waals surface area contributed by atoms with Crippen LogP contribution in [0.15, 0.2) is 54.6 Å². The highest BCUT2D eigenvalue weighted by molar-refractivity contribution is 6.30. The third-order valence-electron chi connectivity index (χ3n) is 5.05. The molecule has 1 fully saturated rings. The Morgan fingerprint density at radius 3 is 2.65 bits per heavy atom. The molecule has 0 aromatic heterocycles. The van der Waals surface area contributed by atoms with Crippen LogP contribution < -0.4 is 0 Å². The highest BCUT2D eigenvalue weighted by Gasteiger charge is 2.37. The second-order valence-electron chi connectivity index (χ2n) is 6.45. The summed E-state index contributed by atoms with van der Waals surface area (Å²) in [4.78, 5) is 2.56. The molecule has 4 rings (SSSR count). The Morgan fingerprint density at radius 2 is 1.87 bits per heavy atom. The first-order valence-electron chi connectivity index (χ1n) is 8.17. The molecule has 2 unspecified atom stereocenters. The predicted molar refractivity (Wildman–Crippen MR) is 92.8 cm³/mol. The molecule has 0 saturated carbocycles. The van der Waals surface area contributed by atoms with Crippen LogP contribution in [0.25, 0.3) is 5.57 Å². The van der Waals surface area contributed by atoms with Gasteiger partial charge in [-0.15, -0.1) is 0 Å². The van der Waals surface area contributed by atoms with Crippen molar-refractivity contribution in [1.82, 2.24) is 4.90 Å². The third-order valence-corrected chi connectivity index (χ3v) is 5.34. The average Bonchev–Trinajstić information content (AvgIpc) is 2.80. The Labute approximate surface area is 141 Å². The van der Waals surface area contributed by atoms with Crippen LogP contribution in [0, 0.1) is 5.82 Å². The summed E-state index contributed by atoms with van der Waals surface area (Å²) in [6, 6.07) is 16.8.